The van der Waals surface area contributed by atoms with Gasteiger partial charge in [-0.3, -0.25) is 4.79 Å². The van der Waals surface area contributed by atoms with Gasteiger partial charge in [0, 0.05) is 0 Å². The molecule has 0 unspecified atom stereocenters. The Hall–Kier alpha value is -1.72. The minimum Gasteiger partial charge on any atom is -0.483 e. The fourth-order valence-electron chi connectivity index (χ4n) is 0.622. The van der Waals surface area contributed by atoms with Crippen LogP contribution in [0.15, 0.2) is 30.3 Å². The monoisotopic (exact) mass is 250 g/mol. The minimum absolute atomic E-state index is 0.194. The van der Waals surface area contributed by atoms with Gasteiger partial charge >= 0.3 is 6.36 Å². The highest BCUT2D eigenvalue weighted by atomic mass is 19.4. The lowest BCUT2D eigenvalue weighted by Gasteiger charge is -2.07. The predicted molar refractivity (Wildman–Crippen MR) is 55.7 cm³/mol. The number of hydrogen-bond acceptors (Lipinski definition) is 2. The number of carboxylic acid groups (broad SMARTS) is 1. The molecule has 1 N–H and O–H groups in total. The third-order valence-corrected chi connectivity index (χ3v) is 1.33. The smallest absolute Gasteiger partial charge is 0.483 e. The van der Waals surface area contributed by atoms with Crippen molar-refractivity contribution in [1.82, 2.24) is 0 Å². The summed E-state index contributed by atoms with van der Waals surface area (Å²) in [5, 5.41) is 6.89. The lowest BCUT2D eigenvalue weighted by molar-refractivity contribution is -0.274. The van der Waals surface area contributed by atoms with Crippen molar-refractivity contribution in [3.8, 4) is 5.75 Å². The number of alkyl halides is 3. The molecule has 0 saturated heterocycles. The number of benzene rings is 1. The molecule has 1 aromatic rings. The number of halogens is 3. The van der Waals surface area contributed by atoms with Crippen LogP contribution in [0, 0.1) is 0 Å². The van der Waals surface area contributed by atoms with Crippen LogP contribution in [0.2, 0.25) is 0 Å². The van der Waals surface area contributed by atoms with E-state index in [0.29, 0.717) is 0 Å². The molecule has 1 aliphatic carbocycles. The van der Waals surface area contributed by atoms with Gasteiger partial charge in [0.2, 0.25) is 0 Å². The fraction of sp³-hybridized carbons (Fsp3) is 0.364. The van der Waals surface area contributed by atoms with Crippen LogP contribution in [0.4, 0.5) is 13.2 Å². The van der Waals surface area contributed by atoms with Gasteiger partial charge in [0.15, 0.2) is 0 Å². The van der Waals surface area contributed by atoms with Crippen LogP contribution >= 0.6 is 0 Å². The lowest BCUT2D eigenvalue weighted by Crippen LogP contribution is -2.16. The van der Waals surface area contributed by atoms with E-state index >= 15 is 0 Å². The third-order valence-electron chi connectivity index (χ3n) is 1.33. The van der Waals surface area contributed by atoms with Crippen LogP contribution in [-0.2, 0) is 4.79 Å². The summed E-state index contributed by atoms with van der Waals surface area (Å²) in [5.74, 6) is -0.194. The number of para-hydroxylation sites is 1. The van der Waals surface area contributed by atoms with Crippen LogP contribution in [0.3, 0.4) is 0 Å². The quantitative estimate of drug-likeness (QED) is 0.776. The van der Waals surface area contributed by atoms with Crippen molar-refractivity contribution in [2.45, 2.75) is 25.6 Å². The SMILES string of the molecule is C1CC1.FC(F)(F)Oc1ccccc1.O=CO. The second-order valence-electron chi connectivity index (χ2n) is 3.03. The molecule has 6 heteroatoms. The Labute approximate surface area is 96.8 Å². The largest absolute Gasteiger partial charge is 0.573 e. The summed E-state index contributed by atoms with van der Waals surface area (Å²) in [7, 11) is 0. The molecule has 0 aromatic heterocycles. The van der Waals surface area contributed by atoms with Gasteiger partial charge in [-0.25, -0.2) is 0 Å². The zero-order chi connectivity index (χ0) is 13.1. The molecule has 0 aliphatic heterocycles. The van der Waals surface area contributed by atoms with E-state index in [0.717, 1.165) is 0 Å². The highest BCUT2D eigenvalue weighted by Crippen LogP contribution is 2.21. The van der Waals surface area contributed by atoms with E-state index in [-0.39, 0.29) is 12.2 Å². The maximum Gasteiger partial charge on any atom is 0.573 e. The molecular formula is C11H13F3O3. The maximum atomic E-state index is 11.5. The van der Waals surface area contributed by atoms with Crippen molar-refractivity contribution in [1.29, 1.82) is 0 Å². The van der Waals surface area contributed by atoms with Crippen LogP contribution < -0.4 is 4.74 Å². The van der Waals surface area contributed by atoms with Crippen molar-refractivity contribution >= 4 is 6.47 Å². The van der Waals surface area contributed by atoms with Gasteiger partial charge in [0.25, 0.3) is 6.47 Å². The zero-order valence-electron chi connectivity index (χ0n) is 8.98. The fourth-order valence-corrected chi connectivity index (χ4v) is 0.622. The van der Waals surface area contributed by atoms with Gasteiger partial charge in [-0.2, -0.15) is 0 Å². The van der Waals surface area contributed by atoms with Crippen LogP contribution in [-0.4, -0.2) is 17.9 Å². The van der Waals surface area contributed by atoms with Gasteiger partial charge in [0.1, 0.15) is 5.75 Å². The summed E-state index contributed by atoms with van der Waals surface area (Å²) in [6.45, 7) is -0.250. The number of hydrogen-bond donors (Lipinski definition) is 1. The molecule has 1 aromatic carbocycles. The van der Waals surface area contributed by atoms with Crippen molar-refractivity contribution in [3.05, 3.63) is 30.3 Å². The van der Waals surface area contributed by atoms with Gasteiger partial charge in [-0.1, -0.05) is 37.5 Å². The Morgan fingerprint density at radius 1 is 1.12 bits per heavy atom. The summed E-state index contributed by atoms with van der Waals surface area (Å²) < 4.78 is 38.2. The Balaban J connectivity index is 0.000000350. The molecule has 0 amide bonds. The van der Waals surface area contributed by atoms with E-state index in [2.05, 4.69) is 4.74 Å². The Kier molecular flexibility index (Phi) is 7.58. The van der Waals surface area contributed by atoms with E-state index in [1.54, 1.807) is 6.07 Å². The third kappa shape index (κ3) is 14.3. The highest BCUT2D eigenvalue weighted by Gasteiger charge is 2.30. The molecule has 1 saturated carbocycles. The molecule has 0 spiro atoms. The number of rotatable bonds is 1. The second kappa shape index (κ2) is 8.43. The summed E-state index contributed by atoms with van der Waals surface area (Å²) in [5.41, 5.74) is 0. The number of carbonyl (C=O) groups is 1. The van der Waals surface area contributed by atoms with Crippen molar-refractivity contribution in [2.75, 3.05) is 0 Å². The van der Waals surface area contributed by atoms with Gasteiger partial charge < -0.3 is 9.84 Å². The van der Waals surface area contributed by atoms with E-state index in [1.165, 1.54) is 43.5 Å². The molecule has 0 radical (unpaired) electrons. The predicted octanol–water partition coefficient (Wildman–Crippen LogP) is 3.46. The molecule has 0 atom stereocenters. The van der Waals surface area contributed by atoms with Crippen molar-refractivity contribution in [2.24, 2.45) is 0 Å². The first-order valence-electron chi connectivity index (χ1n) is 4.88. The molecule has 1 aliphatic rings. The van der Waals surface area contributed by atoms with Gasteiger partial charge in [-0.05, 0) is 12.1 Å². The maximum absolute atomic E-state index is 11.5. The first kappa shape index (κ1) is 15.3. The van der Waals surface area contributed by atoms with E-state index < -0.39 is 6.36 Å². The van der Waals surface area contributed by atoms with Crippen LogP contribution in [0.1, 0.15) is 19.3 Å². The Morgan fingerprint density at radius 2 is 1.53 bits per heavy atom. The molecule has 1 fully saturated rings. The van der Waals surface area contributed by atoms with Gasteiger partial charge in [0.05, 0.1) is 0 Å². The summed E-state index contributed by atoms with van der Waals surface area (Å²) in [4.78, 5) is 8.36. The molecular weight excluding hydrogens is 237 g/mol. The van der Waals surface area contributed by atoms with Crippen molar-refractivity contribution < 1.29 is 27.8 Å². The standard InChI is InChI=1S/C7H5F3O.C3H6.CH2O2/c8-7(9,10)11-6-4-2-1-3-5-6;1-2-3-1;2-1-3/h1-5H;1-3H2;1H,(H,2,3). The number of ether oxygens (including phenoxy) is 1. The molecule has 17 heavy (non-hydrogen) atoms. The first-order chi connectivity index (χ1) is 7.99. The van der Waals surface area contributed by atoms with E-state index in [9.17, 15) is 13.2 Å². The average Bonchev–Trinajstić information content (AvgIpc) is 3.04. The highest BCUT2D eigenvalue weighted by molar-refractivity contribution is 5.32. The Morgan fingerprint density at radius 3 is 1.82 bits per heavy atom. The first-order valence-corrected chi connectivity index (χ1v) is 4.88. The molecule has 3 nitrogen and oxygen atoms in total. The Bertz CT molecular complexity index is 294. The van der Waals surface area contributed by atoms with Gasteiger partial charge in [-0.15, -0.1) is 13.2 Å². The lowest BCUT2D eigenvalue weighted by atomic mass is 10.3. The topological polar surface area (TPSA) is 46.5 Å². The summed E-state index contributed by atoms with van der Waals surface area (Å²) in [6, 6.07) is 7.05. The average molecular weight is 250 g/mol. The summed E-state index contributed by atoms with van der Waals surface area (Å²) in [6.07, 6.45) is -0.0959. The molecule has 96 valence electrons. The molecule has 2 rings (SSSR count). The normalized spacial score (nSPS) is 12.2. The van der Waals surface area contributed by atoms with Crippen LogP contribution in [0.5, 0.6) is 5.75 Å². The molecule has 0 bridgehead atoms. The second-order valence-corrected chi connectivity index (χ2v) is 3.03. The van der Waals surface area contributed by atoms with Crippen LogP contribution in [0.25, 0.3) is 0 Å². The van der Waals surface area contributed by atoms with E-state index in [4.69, 9.17) is 9.90 Å². The van der Waals surface area contributed by atoms with Crippen molar-refractivity contribution in [3.63, 3.8) is 0 Å². The van der Waals surface area contributed by atoms with E-state index in [1.807, 2.05) is 0 Å². The summed E-state index contributed by atoms with van der Waals surface area (Å²) >= 11 is 0. The zero-order valence-corrected chi connectivity index (χ0v) is 8.98. The molecule has 0 heterocycles. The minimum atomic E-state index is -4.60.